The first-order valence-corrected chi connectivity index (χ1v) is 12.3. The Morgan fingerprint density at radius 2 is 1.64 bits per heavy atom. The van der Waals surface area contributed by atoms with E-state index < -0.39 is 0 Å². The first-order chi connectivity index (χ1) is 17.6. The molecule has 8 heteroatoms. The summed E-state index contributed by atoms with van der Waals surface area (Å²) in [6, 6.07) is 23.9. The van der Waals surface area contributed by atoms with Gasteiger partial charge in [0, 0.05) is 29.6 Å². The number of fused-ring (bicyclic) bond motifs is 1. The highest BCUT2D eigenvalue weighted by molar-refractivity contribution is 7.98. The van der Waals surface area contributed by atoms with Crippen LogP contribution in [0.1, 0.15) is 27.0 Å². The number of hydrogen-bond donors (Lipinski definition) is 1. The molecule has 0 saturated carbocycles. The first kappa shape index (κ1) is 23.7. The number of benzene rings is 3. The van der Waals surface area contributed by atoms with Crippen LogP contribution in [0.2, 0.25) is 0 Å². The summed E-state index contributed by atoms with van der Waals surface area (Å²) in [5.41, 5.74) is 4.48. The van der Waals surface area contributed by atoms with Crippen LogP contribution in [-0.2, 0) is 18.8 Å². The summed E-state index contributed by atoms with van der Waals surface area (Å²) in [4.78, 5) is 21.8. The number of nitrogens with zero attached hydrogens (tertiary/aromatic N) is 3. The molecule has 5 aromatic rings. The van der Waals surface area contributed by atoms with Gasteiger partial charge >= 0.3 is 0 Å². The van der Waals surface area contributed by atoms with E-state index in [2.05, 4.69) is 10.3 Å². The van der Waals surface area contributed by atoms with Gasteiger partial charge < -0.3 is 5.32 Å². The standard InChI is InChI=1S/C28H22F2N4OS/c29-23-13-9-20(10-14-23)18-36-28-33-25-6-3-15-31-26(25)34(28)17-19-7-11-21(12-8-19)27(35)32-16-22-4-1-2-5-24(22)30/h1-15H,16-18H2,(H,32,35). The summed E-state index contributed by atoms with van der Waals surface area (Å²) >= 11 is 1.56. The zero-order valence-corrected chi connectivity index (χ0v) is 20.0. The van der Waals surface area contributed by atoms with Crippen molar-refractivity contribution in [3.63, 3.8) is 0 Å². The Hall–Kier alpha value is -4.04. The fourth-order valence-corrected chi connectivity index (χ4v) is 4.74. The van der Waals surface area contributed by atoms with Crippen molar-refractivity contribution in [1.29, 1.82) is 0 Å². The van der Waals surface area contributed by atoms with Crippen LogP contribution in [0.4, 0.5) is 8.78 Å². The van der Waals surface area contributed by atoms with Gasteiger partial charge in [0.1, 0.15) is 17.2 Å². The van der Waals surface area contributed by atoms with Crippen molar-refractivity contribution in [2.24, 2.45) is 0 Å². The minimum Gasteiger partial charge on any atom is -0.348 e. The fraction of sp³-hybridized carbons (Fsp3) is 0.107. The summed E-state index contributed by atoms with van der Waals surface area (Å²) in [6.07, 6.45) is 1.73. The molecule has 2 heterocycles. The SMILES string of the molecule is O=C(NCc1ccccc1F)c1ccc(Cn2c(SCc3ccc(F)cc3)nc3cccnc32)cc1. The highest BCUT2D eigenvalue weighted by Gasteiger charge is 2.14. The molecular weight excluding hydrogens is 478 g/mol. The lowest BCUT2D eigenvalue weighted by molar-refractivity contribution is 0.0950. The van der Waals surface area contributed by atoms with E-state index >= 15 is 0 Å². The number of rotatable bonds is 8. The molecule has 0 unspecified atom stereocenters. The molecule has 2 aromatic heterocycles. The minimum atomic E-state index is -0.345. The van der Waals surface area contributed by atoms with Crippen molar-refractivity contribution in [2.75, 3.05) is 0 Å². The third-order valence-electron chi connectivity index (χ3n) is 5.70. The van der Waals surface area contributed by atoms with Gasteiger partial charge in [-0.15, -0.1) is 0 Å². The van der Waals surface area contributed by atoms with Gasteiger partial charge in [-0.05, 0) is 53.6 Å². The number of carbonyl (C=O) groups excluding carboxylic acids is 1. The Labute approximate surface area is 211 Å². The molecule has 0 spiro atoms. The first-order valence-electron chi connectivity index (χ1n) is 11.4. The zero-order chi connectivity index (χ0) is 24.9. The van der Waals surface area contributed by atoms with Gasteiger partial charge in [0.25, 0.3) is 5.91 Å². The summed E-state index contributed by atoms with van der Waals surface area (Å²) < 4.78 is 29.1. The Balaban J connectivity index is 1.30. The Kier molecular flexibility index (Phi) is 7.04. The van der Waals surface area contributed by atoms with Crippen LogP contribution in [0.5, 0.6) is 0 Å². The second-order valence-electron chi connectivity index (χ2n) is 8.21. The van der Waals surface area contributed by atoms with Crippen LogP contribution in [0.15, 0.2) is 96.3 Å². The van der Waals surface area contributed by atoms with E-state index in [0.717, 1.165) is 27.4 Å². The average molecular weight is 501 g/mol. The Bertz CT molecular complexity index is 1500. The molecule has 0 aliphatic rings. The molecule has 0 atom stereocenters. The monoisotopic (exact) mass is 500 g/mol. The van der Waals surface area contributed by atoms with E-state index in [1.807, 2.05) is 28.8 Å². The van der Waals surface area contributed by atoms with E-state index in [9.17, 15) is 13.6 Å². The summed E-state index contributed by atoms with van der Waals surface area (Å²) in [5, 5.41) is 3.56. The van der Waals surface area contributed by atoms with E-state index in [1.165, 1.54) is 18.2 Å². The molecule has 1 amide bonds. The van der Waals surface area contributed by atoms with Gasteiger partial charge in [0.2, 0.25) is 0 Å². The molecular formula is C28H22F2N4OS. The molecule has 1 N–H and O–H groups in total. The lowest BCUT2D eigenvalue weighted by atomic mass is 10.1. The molecule has 5 rings (SSSR count). The topological polar surface area (TPSA) is 59.8 Å². The van der Waals surface area contributed by atoms with Crippen LogP contribution in [0.25, 0.3) is 11.2 Å². The Morgan fingerprint density at radius 1 is 0.889 bits per heavy atom. The molecule has 5 nitrogen and oxygen atoms in total. The number of amides is 1. The van der Waals surface area contributed by atoms with Gasteiger partial charge in [0.05, 0.1) is 6.54 Å². The number of hydrogen-bond acceptors (Lipinski definition) is 4. The number of thioether (sulfide) groups is 1. The van der Waals surface area contributed by atoms with Crippen molar-refractivity contribution < 1.29 is 13.6 Å². The van der Waals surface area contributed by atoms with Crippen LogP contribution < -0.4 is 5.32 Å². The molecule has 0 bridgehead atoms. The van der Waals surface area contributed by atoms with Crippen LogP contribution in [0.3, 0.4) is 0 Å². The van der Waals surface area contributed by atoms with Crippen molar-refractivity contribution in [3.8, 4) is 0 Å². The predicted molar refractivity (Wildman–Crippen MR) is 137 cm³/mol. The highest BCUT2D eigenvalue weighted by Crippen LogP contribution is 2.27. The van der Waals surface area contributed by atoms with Gasteiger partial charge in [-0.1, -0.05) is 54.2 Å². The van der Waals surface area contributed by atoms with Crippen LogP contribution >= 0.6 is 11.8 Å². The normalized spacial score (nSPS) is 11.1. The average Bonchev–Trinajstić information content (AvgIpc) is 3.25. The second kappa shape index (κ2) is 10.7. The number of nitrogens with one attached hydrogen (secondary N) is 1. The second-order valence-corrected chi connectivity index (χ2v) is 9.16. The van der Waals surface area contributed by atoms with Crippen molar-refractivity contribution in [1.82, 2.24) is 19.9 Å². The van der Waals surface area contributed by atoms with Crippen LogP contribution in [0, 0.1) is 11.6 Å². The summed E-state index contributed by atoms with van der Waals surface area (Å²) in [7, 11) is 0. The zero-order valence-electron chi connectivity index (χ0n) is 19.2. The maximum Gasteiger partial charge on any atom is 0.251 e. The van der Waals surface area contributed by atoms with Gasteiger partial charge in [-0.25, -0.2) is 18.7 Å². The van der Waals surface area contributed by atoms with Gasteiger partial charge in [-0.3, -0.25) is 9.36 Å². The Morgan fingerprint density at radius 3 is 2.42 bits per heavy atom. The molecule has 0 aliphatic heterocycles. The third kappa shape index (κ3) is 5.44. The van der Waals surface area contributed by atoms with E-state index in [1.54, 1.807) is 60.4 Å². The largest absolute Gasteiger partial charge is 0.348 e. The lowest BCUT2D eigenvalue weighted by Gasteiger charge is -2.10. The quantitative estimate of drug-likeness (QED) is 0.266. The van der Waals surface area contributed by atoms with Gasteiger partial charge in [0.15, 0.2) is 10.8 Å². The minimum absolute atomic E-state index is 0.120. The molecule has 36 heavy (non-hydrogen) atoms. The highest BCUT2D eigenvalue weighted by atomic mass is 32.2. The molecule has 0 radical (unpaired) electrons. The van der Waals surface area contributed by atoms with Crippen molar-refractivity contribution in [2.45, 2.75) is 24.0 Å². The number of aromatic nitrogens is 3. The van der Waals surface area contributed by atoms with E-state index in [0.29, 0.717) is 23.4 Å². The fourth-order valence-electron chi connectivity index (χ4n) is 3.78. The molecule has 0 aliphatic carbocycles. The maximum atomic E-state index is 13.8. The van der Waals surface area contributed by atoms with E-state index in [-0.39, 0.29) is 24.1 Å². The number of carbonyl (C=O) groups is 1. The predicted octanol–water partition coefficient (Wildman–Crippen LogP) is 5.98. The molecule has 180 valence electrons. The summed E-state index contributed by atoms with van der Waals surface area (Å²) in [6.45, 7) is 0.644. The van der Waals surface area contributed by atoms with Gasteiger partial charge in [-0.2, -0.15) is 0 Å². The van der Waals surface area contributed by atoms with Crippen molar-refractivity contribution >= 4 is 28.8 Å². The van der Waals surface area contributed by atoms with Crippen LogP contribution in [-0.4, -0.2) is 20.4 Å². The third-order valence-corrected chi connectivity index (χ3v) is 6.75. The summed E-state index contributed by atoms with van der Waals surface area (Å²) in [5.74, 6) is -0.230. The number of pyridine rings is 1. The maximum absolute atomic E-state index is 13.8. The van der Waals surface area contributed by atoms with E-state index in [4.69, 9.17) is 4.98 Å². The van der Waals surface area contributed by atoms with Crippen molar-refractivity contribution in [3.05, 3.63) is 125 Å². The lowest BCUT2D eigenvalue weighted by Crippen LogP contribution is -2.23. The number of halogens is 2. The molecule has 0 fully saturated rings. The molecule has 3 aromatic carbocycles. The molecule has 0 saturated heterocycles. The smallest absolute Gasteiger partial charge is 0.251 e. The number of imidazole rings is 1.